The minimum absolute atomic E-state index is 0.156. The van der Waals surface area contributed by atoms with Gasteiger partial charge in [0.15, 0.2) is 5.84 Å². The lowest BCUT2D eigenvalue weighted by atomic mass is 10.3. The van der Waals surface area contributed by atoms with Crippen molar-refractivity contribution in [3.8, 4) is 0 Å². The summed E-state index contributed by atoms with van der Waals surface area (Å²) in [6.45, 7) is 0. The van der Waals surface area contributed by atoms with Crippen molar-refractivity contribution in [3.63, 3.8) is 0 Å². The van der Waals surface area contributed by atoms with Gasteiger partial charge < -0.3 is 16.3 Å². The van der Waals surface area contributed by atoms with Gasteiger partial charge in [0.05, 0.1) is 18.0 Å². The lowest BCUT2D eigenvalue weighted by Crippen LogP contribution is -2.17. The molecule has 2 aromatic heterocycles. The van der Waals surface area contributed by atoms with Crippen LogP contribution in [0, 0.1) is 0 Å². The highest BCUT2D eigenvalue weighted by Crippen LogP contribution is 2.12. The summed E-state index contributed by atoms with van der Waals surface area (Å²) in [5.41, 5.74) is 5.69. The van der Waals surface area contributed by atoms with Crippen molar-refractivity contribution in [2.24, 2.45) is 10.9 Å². The number of nitrogens with two attached hydrogens (primary N) is 1. The van der Waals surface area contributed by atoms with Crippen molar-refractivity contribution in [2.45, 2.75) is 0 Å². The van der Waals surface area contributed by atoms with E-state index in [2.05, 4.69) is 30.3 Å². The number of anilines is 1. The Hall–Kier alpha value is -2.49. The molecule has 2 rings (SSSR count). The second-order valence-electron chi connectivity index (χ2n) is 2.88. The van der Waals surface area contributed by atoms with Crippen molar-refractivity contribution in [2.75, 3.05) is 5.32 Å². The molecule has 0 aliphatic heterocycles. The van der Waals surface area contributed by atoms with Crippen LogP contribution in [0.3, 0.4) is 0 Å². The van der Waals surface area contributed by atoms with E-state index in [0.29, 0.717) is 10.4 Å². The highest BCUT2D eigenvalue weighted by atomic mass is 32.1. The van der Waals surface area contributed by atoms with E-state index in [1.165, 1.54) is 12.4 Å². The van der Waals surface area contributed by atoms with Crippen LogP contribution >= 0.6 is 11.5 Å². The zero-order valence-electron chi connectivity index (χ0n) is 8.28. The fourth-order valence-corrected chi connectivity index (χ4v) is 1.48. The lowest BCUT2D eigenvalue weighted by molar-refractivity contribution is 0.103. The van der Waals surface area contributed by atoms with E-state index in [-0.39, 0.29) is 11.7 Å². The quantitative estimate of drug-likeness (QED) is 0.254. The van der Waals surface area contributed by atoms with Crippen LogP contribution in [0.4, 0.5) is 5.82 Å². The molecule has 0 spiro atoms. The molecule has 0 atom stereocenters. The van der Waals surface area contributed by atoms with Crippen molar-refractivity contribution in [1.82, 2.24) is 19.8 Å². The summed E-state index contributed by atoms with van der Waals surface area (Å²) in [5, 5.41) is 23.6. The van der Waals surface area contributed by atoms with Crippen molar-refractivity contribution >= 4 is 29.1 Å². The first-order valence-electron chi connectivity index (χ1n) is 4.32. The molecule has 10 heteroatoms. The Kier molecular flexibility index (Phi) is 2.96. The van der Waals surface area contributed by atoms with Gasteiger partial charge in [-0.2, -0.15) is 5.10 Å². The SMILES string of the molecule is NC(=NO)c1cn[nH]c1NC(=O)c1cnns1. The van der Waals surface area contributed by atoms with Crippen molar-refractivity contribution in [1.29, 1.82) is 0 Å². The molecule has 0 radical (unpaired) electrons. The van der Waals surface area contributed by atoms with Crippen molar-refractivity contribution in [3.05, 3.63) is 22.8 Å². The van der Waals surface area contributed by atoms with Gasteiger partial charge in [0.25, 0.3) is 5.91 Å². The molecule has 2 aromatic rings. The zero-order valence-corrected chi connectivity index (χ0v) is 9.10. The minimum Gasteiger partial charge on any atom is -0.409 e. The van der Waals surface area contributed by atoms with Gasteiger partial charge >= 0.3 is 0 Å². The number of nitrogens with zero attached hydrogens (tertiary/aromatic N) is 4. The summed E-state index contributed by atoms with van der Waals surface area (Å²) >= 11 is 0.955. The van der Waals surface area contributed by atoms with Crippen LogP contribution < -0.4 is 11.1 Å². The standard InChI is InChI=1S/C7H7N7O2S/c8-5(13-16)3-1-9-12-6(3)11-7(15)4-2-10-14-17-4/h1-2,16H,(H2,8,13)(H2,9,11,12,15). The van der Waals surface area contributed by atoms with Gasteiger partial charge in [-0.25, -0.2) is 0 Å². The molecule has 0 saturated carbocycles. The summed E-state index contributed by atoms with van der Waals surface area (Å²) in [6.07, 6.45) is 2.66. The molecular weight excluding hydrogens is 246 g/mol. The third kappa shape index (κ3) is 2.20. The Morgan fingerprint density at radius 2 is 2.41 bits per heavy atom. The molecule has 0 aromatic carbocycles. The molecule has 0 saturated heterocycles. The van der Waals surface area contributed by atoms with E-state index < -0.39 is 5.91 Å². The van der Waals surface area contributed by atoms with Gasteiger partial charge in [0.2, 0.25) is 0 Å². The number of amidine groups is 1. The van der Waals surface area contributed by atoms with Crippen LogP contribution in [0.15, 0.2) is 17.5 Å². The van der Waals surface area contributed by atoms with E-state index >= 15 is 0 Å². The number of rotatable bonds is 3. The number of aromatic amines is 1. The van der Waals surface area contributed by atoms with E-state index in [0.717, 1.165) is 11.5 Å². The van der Waals surface area contributed by atoms with Gasteiger partial charge in [0.1, 0.15) is 10.7 Å². The number of carbonyl (C=O) groups is 1. The number of carbonyl (C=O) groups excluding carboxylic acids is 1. The van der Waals surface area contributed by atoms with Gasteiger partial charge in [0, 0.05) is 0 Å². The maximum atomic E-state index is 11.7. The van der Waals surface area contributed by atoms with Crippen LogP contribution in [0.1, 0.15) is 15.2 Å². The molecule has 5 N–H and O–H groups in total. The molecule has 17 heavy (non-hydrogen) atoms. The molecule has 2 heterocycles. The summed E-state index contributed by atoms with van der Waals surface area (Å²) in [7, 11) is 0. The van der Waals surface area contributed by atoms with Gasteiger partial charge in [-0.15, -0.1) is 5.10 Å². The molecule has 1 amide bonds. The van der Waals surface area contributed by atoms with E-state index in [9.17, 15) is 4.79 Å². The number of H-pyrrole nitrogens is 1. The maximum absolute atomic E-state index is 11.7. The first kappa shape index (κ1) is 11.0. The Morgan fingerprint density at radius 3 is 3.06 bits per heavy atom. The fourth-order valence-electron chi connectivity index (χ4n) is 1.07. The smallest absolute Gasteiger partial charge is 0.270 e. The molecule has 0 bridgehead atoms. The summed E-state index contributed by atoms with van der Waals surface area (Å²) in [6, 6.07) is 0. The van der Waals surface area contributed by atoms with E-state index in [1.807, 2.05) is 0 Å². The molecule has 0 unspecified atom stereocenters. The van der Waals surface area contributed by atoms with Crippen LogP contribution in [-0.2, 0) is 0 Å². The Bertz CT molecular complexity index is 546. The van der Waals surface area contributed by atoms with Crippen molar-refractivity contribution < 1.29 is 10.0 Å². The number of hydrogen-bond donors (Lipinski definition) is 4. The first-order chi connectivity index (χ1) is 8.22. The zero-order chi connectivity index (χ0) is 12.3. The number of aromatic nitrogens is 4. The molecular formula is C7H7N7O2S. The third-order valence-electron chi connectivity index (χ3n) is 1.85. The molecule has 0 aliphatic carbocycles. The molecule has 9 nitrogen and oxygen atoms in total. The second kappa shape index (κ2) is 4.57. The first-order valence-corrected chi connectivity index (χ1v) is 5.09. The maximum Gasteiger partial charge on any atom is 0.270 e. The summed E-state index contributed by atoms with van der Waals surface area (Å²) < 4.78 is 3.56. The summed E-state index contributed by atoms with van der Waals surface area (Å²) in [4.78, 5) is 12.0. The highest BCUT2D eigenvalue weighted by Gasteiger charge is 2.14. The Morgan fingerprint density at radius 1 is 1.59 bits per heavy atom. The van der Waals surface area contributed by atoms with Gasteiger partial charge in [-0.1, -0.05) is 9.64 Å². The monoisotopic (exact) mass is 253 g/mol. The predicted molar refractivity (Wildman–Crippen MR) is 59.0 cm³/mol. The lowest BCUT2D eigenvalue weighted by Gasteiger charge is -2.02. The third-order valence-corrected chi connectivity index (χ3v) is 2.51. The number of amides is 1. The highest BCUT2D eigenvalue weighted by molar-refractivity contribution is 7.07. The Labute approximate surface area is 98.5 Å². The average molecular weight is 253 g/mol. The average Bonchev–Trinajstić information content (AvgIpc) is 2.98. The minimum atomic E-state index is -0.406. The van der Waals surface area contributed by atoms with Crippen LogP contribution in [0.25, 0.3) is 0 Å². The number of oxime groups is 1. The topological polar surface area (TPSA) is 142 Å². The largest absolute Gasteiger partial charge is 0.409 e. The number of nitrogens with one attached hydrogen (secondary N) is 2. The molecule has 0 fully saturated rings. The summed E-state index contributed by atoms with van der Waals surface area (Å²) in [5.74, 6) is -0.327. The van der Waals surface area contributed by atoms with E-state index in [4.69, 9.17) is 10.9 Å². The van der Waals surface area contributed by atoms with Crippen LogP contribution in [0.2, 0.25) is 0 Å². The normalized spacial score (nSPS) is 11.4. The van der Waals surface area contributed by atoms with Crippen LogP contribution in [0.5, 0.6) is 0 Å². The Balaban J connectivity index is 2.20. The van der Waals surface area contributed by atoms with Crippen LogP contribution in [-0.4, -0.2) is 36.7 Å². The molecule has 0 aliphatic rings. The van der Waals surface area contributed by atoms with E-state index in [1.54, 1.807) is 0 Å². The second-order valence-corrected chi connectivity index (χ2v) is 3.67. The fraction of sp³-hybridized carbons (Fsp3) is 0. The number of hydrogen-bond acceptors (Lipinski definition) is 7. The van der Waals surface area contributed by atoms with Gasteiger partial charge in [-0.3, -0.25) is 9.89 Å². The molecule has 88 valence electrons. The predicted octanol–water partition coefficient (Wildman–Crippen LogP) is -0.392. The van der Waals surface area contributed by atoms with Gasteiger partial charge in [-0.05, 0) is 11.5 Å².